The molecular weight excluding hydrogens is 243 g/mol. The number of imidazole rings is 1. The van der Waals surface area contributed by atoms with Gasteiger partial charge in [-0.25, -0.2) is 4.98 Å². The molecule has 1 N–H and O–H groups in total. The van der Waals surface area contributed by atoms with Crippen molar-refractivity contribution in [1.82, 2.24) is 14.7 Å². The summed E-state index contributed by atoms with van der Waals surface area (Å²) in [6, 6.07) is 0. The zero-order valence-corrected chi connectivity index (χ0v) is 8.60. The highest BCUT2D eigenvalue weighted by Crippen LogP contribution is 2.16. The number of nitrogens with zero attached hydrogens (tertiary/aromatic N) is 2. The second-order valence-electron chi connectivity index (χ2n) is 2.97. The topological polar surface area (TPSA) is 46.4 Å². The Morgan fingerprint density at radius 2 is 2.31 bits per heavy atom. The zero-order valence-electron chi connectivity index (χ0n) is 7.78. The number of alkyl halides is 3. The number of carbonyl (C=O) groups excluding carboxylic acids is 1. The van der Waals surface area contributed by atoms with Crippen molar-refractivity contribution in [2.24, 2.45) is 0 Å². The molecule has 0 aliphatic heterocycles. The monoisotopic (exact) mass is 249 g/mol. The first-order valence-corrected chi connectivity index (χ1v) is 5.11. The van der Waals surface area contributed by atoms with Gasteiger partial charge in [-0.05, 0) is 0 Å². The van der Waals surface area contributed by atoms with Gasteiger partial charge in [-0.15, -0.1) is 11.3 Å². The van der Waals surface area contributed by atoms with E-state index in [9.17, 15) is 18.0 Å². The van der Waals surface area contributed by atoms with Crippen LogP contribution in [0.4, 0.5) is 13.2 Å². The van der Waals surface area contributed by atoms with Crippen LogP contribution in [0.1, 0.15) is 5.82 Å². The summed E-state index contributed by atoms with van der Waals surface area (Å²) in [7, 11) is 0. The third-order valence-electron chi connectivity index (χ3n) is 1.90. The molecule has 2 aromatic rings. The number of hydrogen-bond donors (Lipinski definition) is 1. The summed E-state index contributed by atoms with van der Waals surface area (Å²) in [4.78, 5) is 15.3. The fourth-order valence-corrected chi connectivity index (χ4v) is 1.89. The zero-order chi connectivity index (χ0) is 11.8. The van der Waals surface area contributed by atoms with Gasteiger partial charge in [-0.2, -0.15) is 13.2 Å². The van der Waals surface area contributed by atoms with Crippen LogP contribution in [-0.4, -0.2) is 21.5 Å². The van der Waals surface area contributed by atoms with Gasteiger partial charge in [0.2, 0.25) is 0 Å². The van der Waals surface area contributed by atoms with Gasteiger partial charge in [0.15, 0.2) is 0 Å². The van der Waals surface area contributed by atoms with Gasteiger partial charge in [0.05, 0.1) is 12.7 Å². The minimum atomic E-state index is -4.86. The molecule has 2 heterocycles. The molecule has 0 bridgehead atoms. The van der Waals surface area contributed by atoms with Crippen LogP contribution in [0.5, 0.6) is 0 Å². The molecule has 0 atom stereocenters. The molecular formula is C8H6F3N3OS. The van der Waals surface area contributed by atoms with E-state index in [2.05, 4.69) is 4.98 Å². The standard InChI is InChI=1S/C8H6F3N3OS/c9-8(10,11)7(15)13-3-5-12-4-6-14(5)1-2-16-6/h1-2,4H,3H2,(H,13,15). The van der Waals surface area contributed by atoms with Gasteiger partial charge in [0.1, 0.15) is 10.7 Å². The quantitative estimate of drug-likeness (QED) is 0.878. The number of rotatable bonds is 2. The Labute approximate surface area is 91.7 Å². The molecule has 0 spiro atoms. The van der Waals surface area contributed by atoms with Crippen molar-refractivity contribution in [3.8, 4) is 0 Å². The van der Waals surface area contributed by atoms with E-state index in [4.69, 9.17) is 0 Å². The molecule has 16 heavy (non-hydrogen) atoms. The Hall–Kier alpha value is -1.57. The summed E-state index contributed by atoms with van der Waals surface area (Å²) >= 11 is 1.41. The lowest BCUT2D eigenvalue weighted by molar-refractivity contribution is -0.173. The molecule has 0 saturated carbocycles. The van der Waals surface area contributed by atoms with E-state index in [0.717, 1.165) is 4.83 Å². The van der Waals surface area contributed by atoms with Crippen molar-refractivity contribution < 1.29 is 18.0 Å². The highest BCUT2D eigenvalue weighted by atomic mass is 32.1. The summed E-state index contributed by atoms with van der Waals surface area (Å²) in [6.07, 6.45) is -1.63. The van der Waals surface area contributed by atoms with E-state index in [-0.39, 0.29) is 6.54 Å². The second-order valence-corrected chi connectivity index (χ2v) is 3.89. The first-order chi connectivity index (χ1) is 7.48. The molecule has 2 aromatic heterocycles. The molecule has 0 aliphatic rings. The Balaban J connectivity index is 2.07. The van der Waals surface area contributed by atoms with Crippen LogP contribution < -0.4 is 5.32 Å². The van der Waals surface area contributed by atoms with Crippen molar-refractivity contribution in [2.75, 3.05) is 0 Å². The van der Waals surface area contributed by atoms with Gasteiger partial charge in [0.25, 0.3) is 0 Å². The average Bonchev–Trinajstić information content (AvgIpc) is 2.74. The molecule has 8 heteroatoms. The maximum absolute atomic E-state index is 11.9. The molecule has 0 aliphatic carbocycles. The predicted octanol–water partition coefficient (Wildman–Crippen LogP) is 1.57. The fraction of sp³-hybridized carbons (Fsp3) is 0.250. The van der Waals surface area contributed by atoms with E-state index in [1.165, 1.54) is 11.3 Å². The van der Waals surface area contributed by atoms with E-state index < -0.39 is 12.1 Å². The normalized spacial score (nSPS) is 11.9. The SMILES string of the molecule is O=C(NCc1ncc2sccn12)C(F)(F)F. The number of fused-ring (bicyclic) bond motifs is 1. The molecule has 4 nitrogen and oxygen atoms in total. The summed E-state index contributed by atoms with van der Waals surface area (Å²) in [6.45, 7) is -0.247. The van der Waals surface area contributed by atoms with Crippen LogP contribution in [0.3, 0.4) is 0 Å². The number of halogens is 3. The summed E-state index contributed by atoms with van der Waals surface area (Å²) in [5.74, 6) is -1.59. The minimum absolute atomic E-state index is 0.247. The first-order valence-electron chi connectivity index (χ1n) is 4.23. The smallest absolute Gasteiger partial charge is 0.341 e. The highest BCUT2D eigenvalue weighted by molar-refractivity contribution is 7.15. The number of nitrogens with one attached hydrogen (secondary N) is 1. The number of carbonyl (C=O) groups is 1. The molecule has 1 amide bonds. The van der Waals surface area contributed by atoms with Gasteiger partial charge in [-0.1, -0.05) is 0 Å². The van der Waals surface area contributed by atoms with Crippen molar-refractivity contribution in [2.45, 2.75) is 12.7 Å². The molecule has 86 valence electrons. The lowest BCUT2D eigenvalue weighted by Gasteiger charge is -2.06. The van der Waals surface area contributed by atoms with Crippen LogP contribution in [0.15, 0.2) is 17.8 Å². The van der Waals surface area contributed by atoms with Crippen LogP contribution >= 0.6 is 11.3 Å². The van der Waals surface area contributed by atoms with Crippen molar-refractivity contribution in [1.29, 1.82) is 0 Å². The lowest BCUT2D eigenvalue weighted by atomic mass is 10.5. The maximum Gasteiger partial charge on any atom is 0.471 e. The number of thiazole rings is 1. The number of hydrogen-bond acceptors (Lipinski definition) is 3. The van der Waals surface area contributed by atoms with Gasteiger partial charge >= 0.3 is 12.1 Å². The molecule has 0 saturated heterocycles. The lowest BCUT2D eigenvalue weighted by Crippen LogP contribution is -2.36. The second kappa shape index (κ2) is 3.78. The third-order valence-corrected chi connectivity index (χ3v) is 2.70. The van der Waals surface area contributed by atoms with Crippen molar-refractivity contribution in [3.63, 3.8) is 0 Å². The summed E-state index contributed by atoms with van der Waals surface area (Å²) in [5.41, 5.74) is 0. The Morgan fingerprint density at radius 1 is 1.56 bits per heavy atom. The fourth-order valence-electron chi connectivity index (χ4n) is 1.18. The van der Waals surface area contributed by atoms with Gasteiger partial charge < -0.3 is 5.32 Å². The average molecular weight is 249 g/mol. The first kappa shape index (κ1) is 10.9. The largest absolute Gasteiger partial charge is 0.471 e. The van der Waals surface area contributed by atoms with Crippen LogP contribution in [0.25, 0.3) is 4.83 Å². The number of amides is 1. The van der Waals surface area contributed by atoms with E-state index >= 15 is 0 Å². The Bertz CT molecular complexity index is 516. The number of aromatic nitrogens is 2. The molecule has 0 aromatic carbocycles. The van der Waals surface area contributed by atoms with E-state index in [0.29, 0.717) is 5.82 Å². The van der Waals surface area contributed by atoms with Gasteiger partial charge in [0, 0.05) is 11.6 Å². The van der Waals surface area contributed by atoms with Gasteiger partial charge in [-0.3, -0.25) is 9.20 Å². The predicted molar refractivity (Wildman–Crippen MR) is 51.0 cm³/mol. The van der Waals surface area contributed by atoms with Crippen LogP contribution in [0.2, 0.25) is 0 Å². The molecule has 0 fully saturated rings. The summed E-state index contributed by atoms with van der Waals surface area (Å²) in [5, 5.41) is 3.55. The van der Waals surface area contributed by atoms with Crippen molar-refractivity contribution in [3.05, 3.63) is 23.6 Å². The third kappa shape index (κ3) is 2.01. The minimum Gasteiger partial charge on any atom is -0.341 e. The Morgan fingerprint density at radius 3 is 3.00 bits per heavy atom. The summed E-state index contributed by atoms with van der Waals surface area (Å²) < 4.78 is 37.3. The maximum atomic E-state index is 11.9. The van der Waals surface area contributed by atoms with Crippen LogP contribution in [-0.2, 0) is 11.3 Å². The van der Waals surface area contributed by atoms with Crippen molar-refractivity contribution >= 4 is 22.1 Å². The van der Waals surface area contributed by atoms with Crippen LogP contribution in [0, 0.1) is 0 Å². The Kier molecular flexibility index (Phi) is 2.58. The van der Waals surface area contributed by atoms with E-state index in [1.807, 2.05) is 0 Å². The molecule has 2 rings (SSSR count). The highest BCUT2D eigenvalue weighted by Gasteiger charge is 2.38. The molecule has 0 radical (unpaired) electrons. The van der Waals surface area contributed by atoms with E-state index in [1.54, 1.807) is 27.5 Å². The molecule has 0 unspecified atom stereocenters.